The van der Waals surface area contributed by atoms with E-state index in [9.17, 15) is 14.4 Å². The van der Waals surface area contributed by atoms with Gasteiger partial charge in [-0.05, 0) is 32.0 Å². The third-order valence-corrected chi connectivity index (χ3v) is 4.61. The second-order valence-electron chi connectivity index (χ2n) is 5.08. The molecule has 0 bridgehead atoms. The molecule has 0 aliphatic carbocycles. The maximum absolute atomic E-state index is 12.3. The lowest BCUT2D eigenvalue weighted by Crippen LogP contribution is -2.33. The summed E-state index contributed by atoms with van der Waals surface area (Å²) in [5, 5.41) is 11.7. The van der Waals surface area contributed by atoms with Gasteiger partial charge in [0.25, 0.3) is 0 Å². The summed E-state index contributed by atoms with van der Waals surface area (Å²) < 4.78 is 0. The van der Waals surface area contributed by atoms with Gasteiger partial charge in [0.2, 0.25) is 11.8 Å². The molecule has 0 aromatic heterocycles. The molecule has 1 aromatic carbocycles. The molecule has 1 aliphatic heterocycles. The number of nitrogens with zero attached hydrogens (tertiary/aromatic N) is 2. The zero-order valence-corrected chi connectivity index (χ0v) is 14.3. The third kappa shape index (κ3) is 4.14. The SMILES string of the molecule is CCN=C1S[C@H](CC(=O)Nc2cccc(C(=O)O)c2)C(=O)N1CC. The Balaban J connectivity index is 2.02. The number of benzene rings is 1. The van der Waals surface area contributed by atoms with Gasteiger partial charge in [0, 0.05) is 25.2 Å². The second-order valence-corrected chi connectivity index (χ2v) is 6.25. The summed E-state index contributed by atoms with van der Waals surface area (Å²) in [6.07, 6.45) is 0.0139. The number of nitrogens with one attached hydrogen (secondary N) is 1. The molecule has 0 spiro atoms. The number of carboxylic acids is 1. The number of amidine groups is 1. The lowest BCUT2D eigenvalue weighted by atomic mass is 10.2. The van der Waals surface area contributed by atoms with Crippen LogP contribution in [0.3, 0.4) is 0 Å². The van der Waals surface area contributed by atoms with E-state index in [0.717, 1.165) is 0 Å². The van der Waals surface area contributed by atoms with Crippen molar-refractivity contribution in [3.8, 4) is 0 Å². The molecule has 0 saturated carbocycles. The molecule has 128 valence electrons. The predicted molar refractivity (Wildman–Crippen MR) is 93.4 cm³/mol. The molecule has 1 atom stereocenters. The summed E-state index contributed by atoms with van der Waals surface area (Å²) >= 11 is 1.29. The molecule has 0 radical (unpaired) electrons. The van der Waals surface area contributed by atoms with E-state index < -0.39 is 11.2 Å². The molecule has 0 unspecified atom stereocenters. The maximum atomic E-state index is 12.3. The van der Waals surface area contributed by atoms with Crippen LogP contribution < -0.4 is 5.32 Å². The van der Waals surface area contributed by atoms with Crippen molar-refractivity contribution in [3.63, 3.8) is 0 Å². The van der Waals surface area contributed by atoms with Gasteiger partial charge in [0.15, 0.2) is 5.17 Å². The number of thioether (sulfide) groups is 1. The van der Waals surface area contributed by atoms with Crippen LogP contribution in [0.2, 0.25) is 0 Å². The summed E-state index contributed by atoms with van der Waals surface area (Å²) in [4.78, 5) is 41.3. The summed E-state index contributed by atoms with van der Waals surface area (Å²) in [7, 11) is 0. The van der Waals surface area contributed by atoms with Crippen LogP contribution >= 0.6 is 11.8 Å². The number of aliphatic imine (C=N–C) groups is 1. The van der Waals surface area contributed by atoms with Gasteiger partial charge in [-0.15, -0.1) is 0 Å². The fourth-order valence-corrected chi connectivity index (χ4v) is 3.56. The number of carboxylic acid groups (broad SMARTS) is 1. The average molecular weight is 349 g/mol. The Kier molecular flexibility index (Phi) is 5.97. The summed E-state index contributed by atoms with van der Waals surface area (Å²) in [5.74, 6) is -1.52. The highest BCUT2D eigenvalue weighted by Crippen LogP contribution is 2.29. The number of hydrogen-bond donors (Lipinski definition) is 2. The molecule has 1 saturated heterocycles. The molecular weight excluding hydrogens is 330 g/mol. The molecule has 1 aliphatic rings. The molecule has 8 heteroatoms. The van der Waals surface area contributed by atoms with Crippen LogP contribution in [-0.2, 0) is 9.59 Å². The molecule has 2 rings (SSSR count). The van der Waals surface area contributed by atoms with E-state index >= 15 is 0 Å². The molecule has 2 amide bonds. The molecule has 7 nitrogen and oxygen atoms in total. The van der Waals surface area contributed by atoms with E-state index in [4.69, 9.17) is 5.11 Å². The first kappa shape index (κ1) is 18.0. The molecular formula is C16H19N3O4S. The van der Waals surface area contributed by atoms with E-state index in [1.165, 1.54) is 23.9 Å². The second kappa shape index (κ2) is 7.96. The third-order valence-electron chi connectivity index (χ3n) is 3.39. The number of carbonyl (C=O) groups is 3. The largest absolute Gasteiger partial charge is 0.478 e. The van der Waals surface area contributed by atoms with Crippen LogP contribution in [0.25, 0.3) is 0 Å². The lowest BCUT2D eigenvalue weighted by Gasteiger charge is -2.13. The molecule has 1 fully saturated rings. The van der Waals surface area contributed by atoms with Gasteiger partial charge in [0.05, 0.1) is 5.56 Å². The number of anilines is 1. The first-order chi connectivity index (χ1) is 11.5. The Morgan fingerprint density at radius 2 is 2.12 bits per heavy atom. The van der Waals surface area contributed by atoms with Crippen LogP contribution in [0.5, 0.6) is 0 Å². The predicted octanol–water partition coefficient (Wildman–Crippen LogP) is 2.05. The van der Waals surface area contributed by atoms with Crippen molar-refractivity contribution in [1.29, 1.82) is 0 Å². The number of amides is 2. The quantitative estimate of drug-likeness (QED) is 0.819. The van der Waals surface area contributed by atoms with Crippen LogP contribution in [-0.4, -0.2) is 51.3 Å². The zero-order valence-electron chi connectivity index (χ0n) is 13.5. The fourth-order valence-electron chi connectivity index (χ4n) is 2.30. The lowest BCUT2D eigenvalue weighted by molar-refractivity contribution is -0.128. The van der Waals surface area contributed by atoms with Crippen LogP contribution in [0.4, 0.5) is 5.69 Å². The molecule has 1 aromatic rings. The van der Waals surface area contributed by atoms with E-state index in [-0.39, 0.29) is 23.8 Å². The highest BCUT2D eigenvalue weighted by molar-refractivity contribution is 8.15. The number of aromatic carboxylic acids is 1. The highest BCUT2D eigenvalue weighted by atomic mass is 32.2. The Labute approximate surface area is 144 Å². The van der Waals surface area contributed by atoms with Gasteiger partial charge < -0.3 is 10.4 Å². The normalized spacial score (nSPS) is 18.9. The van der Waals surface area contributed by atoms with Crippen molar-refractivity contribution in [2.75, 3.05) is 18.4 Å². The maximum Gasteiger partial charge on any atom is 0.335 e. The summed E-state index contributed by atoms with van der Waals surface area (Å²) in [6, 6.07) is 5.99. The van der Waals surface area contributed by atoms with Crippen molar-refractivity contribution in [2.24, 2.45) is 4.99 Å². The van der Waals surface area contributed by atoms with Gasteiger partial charge in [-0.1, -0.05) is 17.8 Å². The minimum Gasteiger partial charge on any atom is -0.478 e. The van der Waals surface area contributed by atoms with Gasteiger partial charge in [-0.2, -0.15) is 0 Å². The number of rotatable bonds is 6. The van der Waals surface area contributed by atoms with Crippen LogP contribution in [0, 0.1) is 0 Å². The molecule has 24 heavy (non-hydrogen) atoms. The first-order valence-electron chi connectivity index (χ1n) is 7.62. The Morgan fingerprint density at radius 3 is 2.75 bits per heavy atom. The summed E-state index contributed by atoms with van der Waals surface area (Å²) in [6.45, 7) is 4.85. The van der Waals surface area contributed by atoms with Gasteiger partial charge in [-0.25, -0.2) is 4.79 Å². The van der Waals surface area contributed by atoms with Crippen molar-refractivity contribution < 1.29 is 19.5 Å². The highest BCUT2D eigenvalue weighted by Gasteiger charge is 2.38. The van der Waals surface area contributed by atoms with Gasteiger partial charge in [-0.3, -0.25) is 19.5 Å². The fraction of sp³-hybridized carbons (Fsp3) is 0.375. The minimum absolute atomic E-state index is 0.0139. The average Bonchev–Trinajstić information content (AvgIpc) is 2.83. The van der Waals surface area contributed by atoms with Crippen molar-refractivity contribution in [1.82, 2.24) is 4.90 Å². The van der Waals surface area contributed by atoms with Crippen molar-refractivity contribution in [3.05, 3.63) is 29.8 Å². The zero-order chi connectivity index (χ0) is 17.7. The van der Waals surface area contributed by atoms with Crippen molar-refractivity contribution >= 4 is 40.4 Å². The van der Waals surface area contributed by atoms with E-state index in [1.54, 1.807) is 17.0 Å². The number of carbonyl (C=O) groups excluding carboxylic acids is 2. The van der Waals surface area contributed by atoms with E-state index in [1.807, 2.05) is 13.8 Å². The minimum atomic E-state index is -1.06. The topological polar surface area (TPSA) is 99.1 Å². The smallest absolute Gasteiger partial charge is 0.335 e. The van der Waals surface area contributed by atoms with E-state index in [2.05, 4.69) is 10.3 Å². The Hall–Kier alpha value is -2.35. The number of hydrogen-bond acceptors (Lipinski definition) is 5. The standard InChI is InChI=1S/C16H19N3O4S/c1-3-17-16-19(4-2)14(21)12(24-16)9-13(20)18-11-7-5-6-10(8-11)15(22)23/h5-8,12H,3-4,9H2,1-2H3,(H,18,20)(H,22,23)/t12-/m1/s1. The van der Waals surface area contributed by atoms with Crippen molar-refractivity contribution in [2.45, 2.75) is 25.5 Å². The molecule has 1 heterocycles. The van der Waals surface area contributed by atoms with Crippen LogP contribution in [0.1, 0.15) is 30.6 Å². The summed E-state index contributed by atoms with van der Waals surface area (Å²) in [5.41, 5.74) is 0.485. The van der Waals surface area contributed by atoms with Crippen LogP contribution in [0.15, 0.2) is 29.3 Å². The Bertz CT molecular complexity index is 690. The first-order valence-corrected chi connectivity index (χ1v) is 8.49. The van der Waals surface area contributed by atoms with Gasteiger partial charge in [0.1, 0.15) is 5.25 Å². The van der Waals surface area contributed by atoms with E-state index in [0.29, 0.717) is 23.9 Å². The Morgan fingerprint density at radius 1 is 1.38 bits per heavy atom. The van der Waals surface area contributed by atoms with Gasteiger partial charge >= 0.3 is 5.97 Å². The molecule has 2 N–H and O–H groups in total. The monoisotopic (exact) mass is 349 g/mol.